The summed E-state index contributed by atoms with van der Waals surface area (Å²) in [5, 5.41) is 10.9. The lowest BCUT2D eigenvalue weighted by Gasteiger charge is -2.14. The second-order valence-corrected chi connectivity index (χ2v) is 4.93. The summed E-state index contributed by atoms with van der Waals surface area (Å²) in [5.74, 6) is 1.29. The van der Waals surface area contributed by atoms with Crippen LogP contribution in [-0.2, 0) is 0 Å². The third kappa shape index (κ3) is 2.16. The predicted octanol–water partition coefficient (Wildman–Crippen LogP) is 2.80. The molecule has 0 fully saturated rings. The van der Waals surface area contributed by atoms with E-state index in [0.29, 0.717) is 17.4 Å². The Morgan fingerprint density at radius 1 is 1.20 bits per heavy atom. The predicted molar refractivity (Wildman–Crippen MR) is 79.9 cm³/mol. The van der Waals surface area contributed by atoms with E-state index in [2.05, 4.69) is 45.4 Å². The van der Waals surface area contributed by atoms with Gasteiger partial charge in [-0.3, -0.25) is 5.10 Å². The number of para-hydroxylation sites is 1. The van der Waals surface area contributed by atoms with Gasteiger partial charge in [0.05, 0.1) is 11.6 Å². The van der Waals surface area contributed by atoms with Crippen molar-refractivity contribution in [2.45, 2.75) is 19.8 Å². The molecule has 0 atom stereocenters. The fourth-order valence-electron chi connectivity index (χ4n) is 2.19. The zero-order valence-corrected chi connectivity index (χ0v) is 11.4. The number of hydrogen-bond donors (Lipinski definition) is 3. The number of nitrogens with one attached hydrogen (secondary N) is 2. The van der Waals surface area contributed by atoms with E-state index in [1.165, 1.54) is 5.56 Å². The lowest BCUT2D eigenvalue weighted by molar-refractivity contribution is 0.869. The van der Waals surface area contributed by atoms with Crippen molar-refractivity contribution < 1.29 is 0 Å². The standard InChI is InChI=1S/C14H16N6/c1-8(2)9-5-3-4-6-11(9)17-12-10-7-16-20-13(10)19-14(15)18-12/h3-8H,1-2H3,(H4,15,16,17,18,19,20). The Balaban J connectivity index is 2.08. The first kappa shape index (κ1) is 12.4. The summed E-state index contributed by atoms with van der Waals surface area (Å²) in [4.78, 5) is 8.37. The maximum absolute atomic E-state index is 5.73. The maximum Gasteiger partial charge on any atom is 0.224 e. The van der Waals surface area contributed by atoms with Gasteiger partial charge in [-0.2, -0.15) is 15.1 Å². The highest BCUT2D eigenvalue weighted by Gasteiger charge is 2.11. The van der Waals surface area contributed by atoms with Gasteiger partial charge >= 0.3 is 0 Å². The number of anilines is 3. The van der Waals surface area contributed by atoms with E-state index >= 15 is 0 Å². The Morgan fingerprint density at radius 3 is 2.80 bits per heavy atom. The average Bonchev–Trinajstić information content (AvgIpc) is 2.87. The molecule has 0 aliphatic carbocycles. The highest BCUT2D eigenvalue weighted by molar-refractivity contribution is 5.89. The van der Waals surface area contributed by atoms with E-state index < -0.39 is 0 Å². The topological polar surface area (TPSA) is 92.5 Å². The number of aromatic nitrogens is 4. The SMILES string of the molecule is CC(C)c1ccccc1Nc1nc(N)nc2[nH]ncc12. The minimum Gasteiger partial charge on any atom is -0.368 e. The van der Waals surface area contributed by atoms with Gasteiger partial charge in [0.2, 0.25) is 5.95 Å². The quantitative estimate of drug-likeness (QED) is 0.679. The van der Waals surface area contributed by atoms with Crippen LogP contribution in [-0.4, -0.2) is 20.2 Å². The molecular formula is C14H16N6. The van der Waals surface area contributed by atoms with E-state index in [0.717, 1.165) is 11.1 Å². The molecule has 6 heteroatoms. The molecule has 0 saturated heterocycles. The van der Waals surface area contributed by atoms with Gasteiger partial charge in [-0.05, 0) is 17.5 Å². The molecule has 0 unspecified atom stereocenters. The Labute approximate surface area is 116 Å². The molecule has 0 amide bonds. The van der Waals surface area contributed by atoms with Crippen LogP contribution < -0.4 is 11.1 Å². The third-order valence-corrected chi connectivity index (χ3v) is 3.16. The van der Waals surface area contributed by atoms with E-state index in [1.54, 1.807) is 6.20 Å². The van der Waals surface area contributed by atoms with Gasteiger partial charge < -0.3 is 11.1 Å². The monoisotopic (exact) mass is 268 g/mol. The fraction of sp³-hybridized carbons (Fsp3) is 0.214. The maximum atomic E-state index is 5.73. The second-order valence-electron chi connectivity index (χ2n) is 4.93. The van der Waals surface area contributed by atoms with Crippen molar-refractivity contribution >= 4 is 28.5 Å². The fourth-order valence-corrected chi connectivity index (χ4v) is 2.19. The first-order valence-corrected chi connectivity index (χ1v) is 6.47. The molecule has 0 aliphatic rings. The Bertz CT molecular complexity index is 746. The van der Waals surface area contributed by atoms with Crippen LogP contribution in [0, 0.1) is 0 Å². The van der Waals surface area contributed by atoms with Gasteiger partial charge in [0.15, 0.2) is 5.65 Å². The smallest absolute Gasteiger partial charge is 0.224 e. The summed E-state index contributed by atoms with van der Waals surface area (Å²) in [5.41, 5.74) is 8.59. The number of nitrogens with zero attached hydrogens (tertiary/aromatic N) is 3. The van der Waals surface area contributed by atoms with E-state index in [-0.39, 0.29) is 5.95 Å². The molecule has 6 nitrogen and oxygen atoms in total. The second kappa shape index (κ2) is 4.80. The molecule has 0 aliphatic heterocycles. The van der Waals surface area contributed by atoms with Crippen LogP contribution in [0.5, 0.6) is 0 Å². The largest absolute Gasteiger partial charge is 0.368 e. The Hall–Kier alpha value is -2.63. The van der Waals surface area contributed by atoms with Crippen LogP contribution in [0.2, 0.25) is 0 Å². The van der Waals surface area contributed by atoms with Crippen molar-refractivity contribution in [3.8, 4) is 0 Å². The van der Waals surface area contributed by atoms with E-state index in [9.17, 15) is 0 Å². The van der Waals surface area contributed by atoms with Crippen LogP contribution in [0.3, 0.4) is 0 Å². The molecule has 2 aromatic heterocycles. The number of rotatable bonds is 3. The summed E-state index contributed by atoms with van der Waals surface area (Å²) in [6.07, 6.45) is 1.69. The molecule has 0 bridgehead atoms. The molecule has 102 valence electrons. The van der Waals surface area contributed by atoms with Crippen LogP contribution in [0.4, 0.5) is 17.5 Å². The minimum absolute atomic E-state index is 0.214. The normalized spacial score (nSPS) is 11.2. The summed E-state index contributed by atoms with van der Waals surface area (Å²) in [7, 11) is 0. The summed E-state index contributed by atoms with van der Waals surface area (Å²) >= 11 is 0. The van der Waals surface area contributed by atoms with Gasteiger partial charge in [-0.1, -0.05) is 32.0 Å². The number of H-pyrrole nitrogens is 1. The van der Waals surface area contributed by atoms with E-state index in [4.69, 9.17) is 5.73 Å². The number of fused-ring (bicyclic) bond motifs is 1. The van der Waals surface area contributed by atoms with Crippen molar-refractivity contribution in [1.82, 2.24) is 20.2 Å². The zero-order valence-electron chi connectivity index (χ0n) is 11.4. The van der Waals surface area contributed by atoms with Gasteiger partial charge in [0.1, 0.15) is 5.82 Å². The lowest BCUT2D eigenvalue weighted by atomic mass is 10.0. The molecule has 4 N–H and O–H groups in total. The van der Waals surface area contributed by atoms with Gasteiger partial charge in [0, 0.05) is 5.69 Å². The van der Waals surface area contributed by atoms with Crippen LogP contribution in [0.15, 0.2) is 30.5 Å². The summed E-state index contributed by atoms with van der Waals surface area (Å²) in [6.45, 7) is 4.31. The first-order chi connectivity index (χ1) is 9.65. The molecule has 0 spiro atoms. The van der Waals surface area contributed by atoms with Crippen LogP contribution in [0.1, 0.15) is 25.3 Å². The zero-order chi connectivity index (χ0) is 14.1. The number of nitrogen functional groups attached to an aromatic ring is 1. The van der Waals surface area contributed by atoms with Gasteiger partial charge in [-0.25, -0.2) is 0 Å². The highest BCUT2D eigenvalue weighted by Crippen LogP contribution is 2.28. The average molecular weight is 268 g/mol. The van der Waals surface area contributed by atoms with Crippen molar-refractivity contribution in [2.75, 3.05) is 11.1 Å². The van der Waals surface area contributed by atoms with Gasteiger partial charge in [-0.15, -0.1) is 0 Å². The number of benzene rings is 1. The molecule has 20 heavy (non-hydrogen) atoms. The first-order valence-electron chi connectivity index (χ1n) is 6.47. The number of aromatic amines is 1. The molecule has 0 radical (unpaired) electrons. The molecule has 0 saturated carbocycles. The summed E-state index contributed by atoms with van der Waals surface area (Å²) in [6, 6.07) is 8.15. The number of hydrogen-bond acceptors (Lipinski definition) is 5. The Kier molecular flexibility index (Phi) is 2.98. The molecular weight excluding hydrogens is 252 g/mol. The lowest BCUT2D eigenvalue weighted by Crippen LogP contribution is -2.03. The molecule has 1 aromatic carbocycles. The highest BCUT2D eigenvalue weighted by atomic mass is 15.2. The third-order valence-electron chi connectivity index (χ3n) is 3.16. The molecule has 3 aromatic rings. The Morgan fingerprint density at radius 2 is 2.00 bits per heavy atom. The minimum atomic E-state index is 0.214. The van der Waals surface area contributed by atoms with Crippen molar-refractivity contribution in [2.24, 2.45) is 0 Å². The van der Waals surface area contributed by atoms with Crippen molar-refractivity contribution in [1.29, 1.82) is 0 Å². The van der Waals surface area contributed by atoms with Crippen molar-refractivity contribution in [3.05, 3.63) is 36.0 Å². The van der Waals surface area contributed by atoms with Crippen molar-refractivity contribution in [3.63, 3.8) is 0 Å². The van der Waals surface area contributed by atoms with Crippen LogP contribution in [0.25, 0.3) is 11.0 Å². The number of nitrogens with two attached hydrogens (primary N) is 1. The molecule has 2 heterocycles. The van der Waals surface area contributed by atoms with Crippen LogP contribution >= 0.6 is 0 Å². The summed E-state index contributed by atoms with van der Waals surface area (Å²) < 4.78 is 0. The van der Waals surface area contributed by atoms with Gasteiger partial charge in [0.25, 0.3) is 0 Å². The molecule has 3 rings (SSSR count). The van der Waals surface area contributed by atoms with E-state index in [1.807, 2.05) is 18.2 Å².